The molecule has 0 spiro atoms. The van der Waals surface area contributed by atoms with Gasteiger partial charge in [-0.25, -0.2) is 4.99 Å². The number of aromatic nitrogens is 2. The summed E-state index contributed by atoms with van der Waals surface area (Å²) >= 11 is 0. The van der Waals surface area contributed by atoms with Gasteiger partial charge in [-0.2, -0.15) is 13.9 Å². The summed E-state index contributed by atoms with van der Waals surface area (Å²) in [4.78, 5) is 6.91. The highest BCUT2D eigenvalue weighted by Gasteiger charge is 2.26. The van der Waals surface area contributed by atoms with Gasteiger partial charge >= 0.3 is 6.61 Å². The van der Waals surface area contributed by atoms with Crippen LogP contribution in [0.25, 0.3) is 0 Å². The van der Waals surface area contributed by atoms with Crippen LogP contribution in [0.4, 0.5) is 14.5 Å². The molecule has 2 aromatic rings. The molecule has 0 aliphatic carbocycles. The van der Waals surface area contributed by atoms with Crippen molar-refractivity contribution in [3.63, 3.8) is 0 Å². The zero-order valence-corrected chi connectivity index (χ0v) is 19.4. The number of guanidine groups is 1. The predicted molar refractivity (Wildman–Crippen MR) is 124 cm³/mol. The lowest BCUT2D eigenvalue weighted by Gasteiger charge is -2.22. The minimum atomic E-state index is -2.84. The van der Waals surface area contributed by atoms with Gasteiger partial charge in [0.2, 0.25) is 0 Å². The summed E-state index contributed by atoms with van der Waals surface area (Å²) in [6.07, 6.45) is 2.66. The highest BCUT2D eigenvalue weighted by atomic mass is 19.3. The number of para-hydroxylation sites is 2. The first-order valence-corrected chi connectivity index (χ1v) is 11.3. The van der Waals surface area contributed by atoms with E-state index >= 15 is 0 Å². The second kappa shape index (κ2) is 11.2. The number of rotatable bonds is 9. The van der Waals surface area contributed by atoms with Gasteiger partial charge in [0.15, 0.2) is 5.96 Å². The minimum Gasteiger partial charge on any atom is -0.433 e. The van der Waals surface area contributed by atoms with E-state index in [1.807, 2.05) is 30.8 Å². The molecule has 1 aliphatic rings. The molecule has 1 aliphatic heterocycles. The molecule has 176 valence electrons. The topological polar surface area (TPSA) is 66.7 Å². The molecule has 1 saturated heterocycles. The zero-order chi connectivity index (χ0) is 23.1. The standard InChI is InChI=1S/C23H34F2N6O/c1-5-18-17(19(6-2)30(4)29-18)14-27-23(26-7-3)28-16-12-13-31(15-16)20-10-8-9-11-21(20)32-22(24)25/h8-11,16,22H,5-7,12-15H2,1-4H3,(H2,26,27,28). The molecule has 7 nitrogen and oxygen atoms in total. The third kappa shape index (κ3) is 5.69. The Hall–Kier alpha value is -2.84. The number of nitrogens with zero attached hydrogens (tertiary/aromatic N) is 4. The fourth-order valence-electron chi connectivity index (χ4n) is 4.25. The van der Waals surface area contributed by atoms with Crippen molar-refractivity contribution in [2.75, 3.05) is 24.5 Å². The van der Waals surface area contributed by atoms with Crippen molar-refractivity contribution in [2.45, 2.75) is 59.2 Å². The van der Waals surface area contributed by atoms with E-state index in [1.165, 1.54) is 11.3 Å². The first-order chi connectivity index (χ1) is 15.5. The van der Waals surface area contributed by atoms with Crippen LogP contribution in [0, 0.1) is 0 Å². The molecule has 1 fully saturated rings. The maximum Gasteiger partial charge on any atom is 0.387 e. The number of nitrogens with one attached hydrogen (secondary N) is 2. The van der Waals surface area contributed by atoms with Gasteiger partial charge in [-0.05, 0) is 38.3 Å². The Morgan fingerprint density at radius 3 is 2.72 bits per heavy atom. The summed E-state index contributed by atoms with van der Waals surface area (Å²) in [5, 5.41) is 11.5. The molecule has 1 aromatic carbocycles. The van der Waals surface area contributed by atoms with E-state index in [9.17, 15) is 8.78 Å². The molecule has 0 bridgehead atoms. The zero-order valence-electron chi connectivity index (χ0n) is 19.4. The van der Waals surface area contributed by atoms with Gasteiger partial charge in [0.25, 0.3) is 0 Å². The first kappa shape index (κ1) is 23.8. The molecule has 3 rings (SSSR count). The number of ether oxygens (including phenoxy) is 1. The van der Waals surface area contributed by atoms with Crippen molar-refractivity contribution in [3.05, 3.63) is 41.2 Å². The molecule has 0 saturated carbocycles. The number of hydrogen-bond acceptors (Lipinski definition) is 4. The highest BCUT2D eigenvalue weighted by molar-refractivity contribution is 5.80. The maximum atomic E-state index is 12.8. The Morgan fingerprint density at radius 2 is 2.03 bits per heavy atom. The Bertz CT molecular complexity index is 914. The number of aliphatic imine (C=N–C) groups is 1. The van der Waals surface area contributed by atoms with Crippen LogP contribution >= 0.6 is 0 Å². The molecule has 32 heavy (non-hydrogen) atoms. The monoisotopic (exact) mass is 448 g/mol. The second-order valence-electron chi connectivity index (χ2n) is 7.82. The van der Waals surface area contributed by atoms with Crippen LogP contribution in [-0.2, 0) is 26.4 Å². The van der Waals surface area contributed by atoms with Crippen LogP contribution in [-0.4, -0.2) is 48.0 Å². The number of anilines is 1. The number of hydrogen-bond donors (Lipinski definition) is 2. The number of halogens is 2. The molecule has 0 amide bonds. The normalized spacial score (nSPS) is 16.7. The van der Waals surface area contributed by atoms with Crippen LogP contribution in [0.15, 0.2) is 29.3 Å². The molecule has 2 N–H and O–H groups in total. The van der Waals surface area contributed by atoms with Crippen LogP contribution in [0.3, 0.4) is 0 Å². The Balaban J connectivity index is 1.69. The van der Waals surface area contributed by atoms with Gasteiger partial charge in [0.1, 0.15) is 5.75 Å². The summed E-state index contributed by atoms with van der Waals surface area (Å²) < 4.78 is 32.2. The predicted octanol–water partition coefficient (Wildman–Crippen LogP) is 3.48. The number of benzene rings is 1. The maximum absolute atomic E-state index is 12.8. The quantitative estimate of drug-likeness (QED) is 0.454. The largest absolute Gasteiger partial charge is 0.433 e. The smallest absolute Gasteiger partial charge is 0.387 e. The van der Waals surface area contributed by atoms with Crippen LogP contribution in [0.1, 0.15) is 44.1 Å². The fourth-order valence-corrected chi connectivity index (χ4v) is 4.25. The third-order valence-electron chi connectivity index (χ3n) is 5.72. The van der Waals surface area contributed by atoms with Gasteiger partial charge in [-0.15, -0.1) is 0 Å². The summed E-state index contributed by atoms with van der Waals surface area (Å²) in [6, 6.07) is 7.09. The lowest BCUT2D eigenvalue weighted by molar-refractivity contribution is -0.0495. The van der Waals surface area contributed by atoms with Crippen molar-refractivity contribution >= 4 is 11.6 Å². The third-order valence-corrected chi connectivity index (χ3v) is 5.72. The molecular formula is C23H34F2N6O. The Morgan fingerprint density at radius 1 is 1.25 bits per heavy atom. The van der Waals surface area contributed by atoms with E-state index < -0.39 is 6.61 Å². The summed E-state index contributed by atoms with van der Waals surface area (Å²) in [6.45, 7) is 6.20. The van der Waals surface area contributed by atoms with E-state index in [2.05, 4.69) is 34.5 Å². The van der Waals surface area contributed by atoms with E-state index in [-0.39, 0.29) is 11.8 Å². The van der Waals surface area contributed by atoms with Crippen molar-refractivity contribution in [2.24, 2.45) is 12.0 Å². The average molecular weight is 449 g/mol. The SMILES string of the molecule is CCNC(=NCc1c(CC)nn(C)c1CC)NC1CCN(c2ccccc2OC(F)F)C1. The van der Waals surface area contributed by atoms with Crippen molar-refractivity contribution < 1.29 is 13.5 Å². The van der Waals surface area contributed by atoms with Gasteiger partial charge in [0, 0.05) is 44.0 Å². The fraction of sp³-hybridized carbons (Fsp3) is 0.565. The van der Waals surface area contributed by atoms with E-state index in [1.54, 1.807) is 12.1 Å². The van der Waals surface area contributed by atoms with E-state index in [0.717, 1.165) is 44.0 Å². The number of aryl methyl sites for hydroxylation is 2. The molecule has 9 heteroatoms. The lowest BCUT2D eigenvalue weighted by atomic mass is 10.1. The molecule has 1 unspecified atom stereocenters. The van der Waals surface area contributed by atoms with Crippen LogP contribution in [0.2, 0.25) is 0 Å². The summed E-state index contributed by atoms with van der Waals surface area (Å²) in [7, 11) is 1.98. The molecule has 1 atom stereocenters. The Kier molecular flexibility index (Phi) is 8.30. The lowest BCUT2D eigenvalue weighted by Crippen LogP contribution is -2.44. The van der Waals surface area contributed by atoms with Gasteiger partial charge < -0.3 is 20.3 Å². The van der Waals surface area contributed by atoms with Gasteiger partial charge in [-0.1, -0.05) is 26.0 Å². The van der Waals surface area contributed by atoms with E-state index in [4.69, 9.17) is 9.73 Å². The number of alkyl halides is 2. The van der Waals surface area contributed by atoms with Crippen molar-refractivity contribution in [3.8, 4) is 5.75 Å². The minimum absolute atomic E-state index is 0.151. The molecule has 2 heterocycles. The van der Waals surface area contributed by atoms with Gasteiger partial charge in [-0.3, -0.25) is 4.68 Å². The van der Waals surface area contributed by atoms with Crippen molar-refractivity contribution in [1.29, 1.82) is 0 Å². The second-order valence-corrected chi connectivity index (χ2v) is 7.82. The summed E-state index contributed by atoms with van der Waals surface area (Å²) in [5.74, 6) is 0.962. The molecule has 1 aromatic heterocycles. The summed E-state index contributed by atoms with van der Waals surface area (Å²) in [5.41, 5.74) is 4.19. The molecule has 0 radical (unpaired) electrons. The Labute approximate surface area is 188 Å². The van der Waals surface area contributed by atoms with E-state index in [0.29, 0.717) is 18.8 Å². The first-order valence-electron chi connectivity index (χ1n) is 11.3. The van der Waals surface area contributed by atoms with Crippen molar-refractivity contribution in [1.82, 2.24) is 20.4 Å². The van der Waals surface area contributed by atoms with Crippen LogP contribution < -0.4 is 20.3 Å². The van der Waals surface area contributed by atoms with Crippen LogP contribution in [0.5, 0.6) is 5.75 Å². The highest BCUT2D eigenvalue weighted by Crippen LogP contribution is 2.31. The average Bonchev–Trinajstić information content (AvgIpc) is 3.35. The molecular weight excluding hydrogens is 414 g/mol. The van der Waals surface area contributed by atoms with Gasteiger partial charge in [0.05, 0.1) is 17.9 Å².